The molecule has 1 aliphatic carbocycles. The van der Waals surface area contributed by atoms with Gasteiger partial charge in [0.2, 0.25) is 5.91 Å². The summed E-state index contributed by atoms with van der Waals surface area (Å²) in [5.74, 6) is 0.133. The highest BCUT2D eigenvalue weighted by Crippen LogP contribution is 2.55. The first-order valence-corrected chi connectivity index (χ1v) is 8.15. The Morgan fingerprint density at radius 3 is 2.60 bits per heavy atom. The van der Waals surface area contributed by atoms with Crippen molar-refractivity contribution >= 4 is 5.91 Å². The fourth-order valence-corrected chi connectivity index (χ4v) is 3.33. The van der Waals surface area contributed by atoms with Gasteiger partial charge in [-0.15, -0.1) is 0 Å². The Balaban J connectivity index is 0.000000956. The maximum atomic E-state index is 11.7. The van der Waals surface area contributed by atoms with Crippen LogP contribution in [-0.4, -0.2) is 36.4 Å². The Morgan fingerprint density at radius 1 is 1.30 bits per heavy atom. The van der Waals surface area contributed by atoms with Crippen molar-refractivity contribution in [2.24, 2.45) is 5.41 Å². The second-order valence-electron chi connectivity index (χ2n) is 6.03. The number of rotatable bonds is 7. The topological polar surface area (TPSA) is 58.6 Å². The fraction of sp³-hybridized carbons (Fsp3) is 0.938. The second kappa shape index (κ2) is 7.99. The SMILES string of the molecule is CC.CCCCCC(=O)NCC12CC(CO)(CCO1)C2. The lowest BCUT2D eigenvalue weighted by Crippen LogP contribution is -2.64. The van der Waals surface area contributed by atoms with Gasteiger partial charge in [0.05, 0.1) is 5.60 Å². The molecule has 3 aliphatic rings. The van der Waals surface area contributed by atoms with E-state index in [9.17, 15) is 9.90 Å². The third-order valence-corrected chi connectivity index (χ3v) is 4.39. The van der Waals surface area contributed by atoms with Crippen molar-refractivity contribution in [2.75, 3.05) is 19.8 Å². The predicted octanol–water partition coefficient (Wildman–Crippen LogP) is 2.64. The quantitative estimate of drug-likeness (QED) is 0.707. The zero-order chi connectivity index (χ0) is 15.1. The van der Waals surface area contributed by atoms with Crippen molar-refractivity contribution in [3.05, 3.63) is 0 Å². The first kappa shape index (κ1) is 17.4. The van der Waals surface area contributed by atoms with Crippen LogP contribution in [0, 0.1) is 5.41 Å². The van der Waals surface area contributed by atoms with E-state index in [2.05, 4.69) is 12.2 Å². The Hall–Kier alpha value is -0.610. The van der Waals surface area contributed by atoms with Crippen molar-refractivity contribution in [3.63, 3.8) is 0 Å². The van der Waals surface area contributed by atoms with Crippen LogP contribution in [-0.2, 0) is 9.53 Å². The molecule has 2 heterocycles. The van der Waals surface area contributed by atoms with Gasteiger partial charge in [0.1, 0.15) is 0 Å². The van der Waals surface area contributed by atoms with Gasteiger partial charge in [-0.1, -0.05) is 33.6 Å². The summed E-state index contributed by atoms with van der Waals surface area (Å²) in [7, 11) is 0. The Morgan fingerprint density at radius 2 is 2.00 bits per heavy atom. The van der Waals surface area contributed by atoms with Gasteiger partial charge in [-0.3, -0.25) is 4.79 Å². The highest BCUT2D eigenvalue weighted by atomic mass is 16.5. The van der Waals surface area contributed by atoms with Crippen LogP contribution in [0.2, 0.25) is 0 Å². The molecule has 4 nitrogen and oxygen atoms in total. The molecule has 2 bridgehead atoms. The molecule has 0 aromatic rings. The van der Waals surface area contributed by atoms with Crippen molar-refractivity contribution in [1.29, 1.82) is 0 Å². The van der Waals surface area contributed by atoms with Gasteiger partial charge in [-0.2, -0.15) is 0 Å². The molecule has 0 aromatic heterocycles. The number of aliphatic hydroxyl groups excluding tert-OH is 1. The molecule has 0 radical (unpaired) electrons. The average molecular weight is 285 g/mol. The van der Waals surface area contributed by atoms with E-state index in [4.69, 9.17) is 4.74 Å². The van der Waals surface area contributed by atoms with E-state index in [1.165, 1.54) is 0 Å². The van der Waals surface area contributed by atoms with E-state index < -0.39 is 0 Å². The second-order valence-corrected chi connectivity index (χ2v) is 6.03. The summed E-state index contributed by atoms with van der Waals surface area (Å²) < 4.78 is 5.81. The van der Waals surface area contributed by atoms with Crippen molar-refractivity contribution in [1.82, 2.24) is 5.32 Å². The molecule has 4 heteroatoms. The maximum Gasteiger partial charge on any atom is 0.220 e. The summed E-state index contributed by atoms with van der Waals surface area (Å²) in [5, 5.41) is 12.4. The monoisotopic (exact) mass is 285 g/mol. The van der Waals surface area contributed by atoms with E-state index in [-0.39, 0.29) is 23.5 Å². The fourth-order valence-electron chi connectivity index (χ4n) is 3.33. The van der Waals surface area contributed by atoms with Gasteiger partial charge in [-0.05, 0) is 25.7 Å². The standard InChI is InChI=1S/C14H25NO3.C2H6/c1-2-3-4-5-12(17)15-10-14-8-13(9-14,11-16)6-7-18-14;1-2/h16H,2-11H2,1H3,(H,15,17);1-2H3. The number of amides is 1. The number of nitrogens with one attached hydrogen (secondary N) is 1. The molecule has 1 saturated carbocycles. The van der Waals surface area contributed by atoms with Crippen molar-refractivity contribution < 1.29 is 14.6 Å². The zero-order valence-corrected chi connectivity index (χ0v) is 13.3. The molecule has 118 valence electrons. The summed E-state index contributed by atoms with van der Waals surface area (Å²) in [5.41, 5.74) is -0.0907. The van der Waals surface area contributed by atoms with Crippen LogP contribution in [0.4, 0.5) is 0 Å². The molecule has 20 heavy (non-hydrogen) atoms. The van der Waals surface area contributed by atoms with Gasteiger partial charge in [0.25, 0.3) is 0 Å². The molecular formula is C16H31NO3. The highest BCUT2D eigenvalue weighted by molar-refractivity contribution is 5.75. The number of carbonyl (C=O) groups is 1. The molecule has 2 N–H and O–H groups in total. The third-order valence-electron chi connectivity index (χ3n) is 4.39. The third kappa shape index (κ3) is 4.19. The van der Waals surface area contributed by atoms with Gasteiger partial charge >= 0.3 is 0 Å². The zero-order valence-electron chi connectivity index (χ0n) is 13.3. The van der Waals surface area contributed by atoms with Crippen LogP contribution in [0.15, 0.2) is 0 Å². The number of hydrogen-bond donors (Lipinski definition) is 2. The molecule has 2 aliphatic heterocycles. The number of fused-ring (bicyclic) bond motifs is 2. The first-order chi connectivity index (χ1) is 9.64. The predicted molar refractivity (Wildman–Crippen MR) is 80.6 cm³/mol. The molecule has 3 fully saturated rings. The summed E-state index contributed by atoms with van der Waals surface area (Å²) in [6.45, 7) is 7.71. The normalized spacial score (nSPS) is 30.8. The van der Waals surface area contributed by atoms with E-state index in [0.717, 1.165) is 38.5 Å². The largest absolute Gasteiger partial charge is 0.396 e. The minimum atomic E-state index is -0.179. The van der Waals surface area contributed by atoms with Crippen LogP contribution in [0.3, 0.4) is 0 Å². The lowest BCUT2D eigenvalue weighted by Gasteiger charge is -2.59. The smallest absolute Gasteiger partial charge is 0.220 e. The first-order valence-electron chi connectivity index (χ1n) is 8.15. The minimum Gasteiger partial charge on any atom is -0.396 e. The number of ether oxygens (including phenoxy) is 1. The number of unbranched alkanes of at least 4 members (excludes halogenated alkanes) is 2. The highest BCUT2D eigenvalue weighted by Gasteiger charge is 2.58. The van der Waals surface area contributed by atoms with Gasteiger partial charge < -0.3 is 15.2 Å². The lowest BCUT2D eigenvalue weighted by atomic mass is 9.56. The van der Waals surface area contributed by atoms with Gasteiger partial charge in [-0.25, -0.2) is 0 Å². The molecule has 1 amide bonds. The lowest BCUT2D eigenvalue weighted by molar-refractivity contribution is -0.232. The Labute approximate surface area is 123 Å². The molecule has 0 atom stereocenters. The van der Waals surface area contributed by atoms with E-state index in [0.29, 0.717) is 19.6 Å². The summed E-state index contributed by atoms with van der Waals surface area (Å²) in [6, 6.07) is 0. The van der Waals surface area contributed by atoms with Gasteiger partial charge in [0, 0.05) is 31.6 Å². The van der Waals surface area contributed by atoms with E-state index >= 15 is 0 Å². The summed E-state index contributed by atoms with van der Waals surface area (Å²) in [4.78, 5) is 11.7. The number of hydrogen-bond acceptors (Lipinski definition) is 3. The van der Waals surface area contributed by atoms with Crippen LogP contribution < -0.4 is 5.32 Å². The van der Waals surface area contributed by atoms with Gasteiger partial charge in [0.15, 0.2) is 0 Å². The molecule has 2 saturated heterocycles. The minimum absolute atomic E-state index is 0.0885. The van der Waals surface area contributed by atoms with Crippen molar-refractivity contribution in [2.45, 2.75) is 71.3 Å². The van der Waals surface area contributed by atoms with E-state index in [1.54, 1.807) is 0 Å². The van der Waals surface area contributed by atoms with Crippen molar-refractivity contribution in [3.8, 4) is 0 Å². The summed E-state index contributed by atoms with van der Waals surface area (Å²) in [6.07, 6.45) is 6.58. The molecule has 3 rings (SSSR count). The number of carbonyl (C=O) groups excluding carboxylic acids is 1. The Bertz CT molecular complexity index is 298. The maximum absolute atomic E-state index is 11.7. The molecular weight excluding hydrogens is 254 g/mol. The summed E-state index contributed by atoms with van der Waals surface area (Å²) >= 11 is 0. The molecule has 0 unspecified atom stereocenters. The number of aliphatic hydroxyl groups is 1. The van der Waals surface area contributed by atoms with E-state index in [1.807, 2.05) is 13.8 Å². The average Bonchev–Trinajstić information content (AvgIpc) is 2.47. The van der Waals surface area contributed by atoms with Crippen LogP contribution >= 0.6 is 0 Å². The Kier molecular flexibility index (Phi) is 6.96. The molecule has 0 aromatic carbocycles. The molecule has 0 spiro atoms. The van der Waals surface area contributed by atoms with Crippen LogP contribution in [0.1, 0.15) is 65.7 Å². The van der Waals surface area contributed by atoms with Crippen LogP contribution in [0.25, 0.3) is 0 Å². The van der Waals surface area contributed by atoms with Crippen LogP contribution in [0.5, 0.6) is 0 Å².